The summed E-state index contributed by atoms with van der Waals surface area (Å²) in [4.78, 5) is 8.21. The molecule has 0 aliphatic heterocycles. The van der Waals surface area contributed by atoms with Crippen LogP contribution in [0.3, 0.4) is 0 Å². The summed E-state index contributed by atoms with van der Waals surface area (Å²) in [6.07, 6.45) is 0.667. The van der Waals surface area contributed by atoms with Crippen LogP contribution in [0.15, 0.2) is 29.2 Å². The molecule has 0 aliphatic carbocycles. The number of aryl methyl sites for hydroxylation is 2. The first-order valence-corrected chi connectivity index (χ1v) is 8.29. The average Bonchev–Trinajstić information content (AvgIpc) is 2.45. The molecule has 0 saturated heterocycles. The summed E-state index contributed by atoms with van der Waals surface area (Å²) in [5.41, 5.74) is 0.954. The Morgan fingerprint density at radius 3 is 2.64 bits per heavy atom. The van der Waals surface area contributed by atoms with Crippen molar-refractivity contribution in [2.24, 2.45) is 0 Å². The molecule has 0 atom stereocenters. The van der Waals surface area contributed by atoms with Crippen LogP contribution < -0.4 is 4.72 Å². The highest BCUT2D eigenvalue weighted by atomic mass is 35.5. The van der Waals surface area contributed by atoms with Gasteiger partial charge < -0.3 is 0 Å². The molecule has 1 heterocycles. The van der Waals surface area contributed by atoms with Crippen LogP contribution in [0, 0.1) is 18.3 Å². The number of benzene rings is 1. The minimum atomic E-state index is -3.84. The van der Waals surface area contributed by atoms with E-state index < -0.39 is 10.0 Å². The van der Waals surface area contributed by atoms with Gasteiger partial charge in [0, 0.05) is 11.8 Å². The molecule has 0 bridgehead atoms. The van der Waals surface area contributed by atoms with E-state index in [4.69, 9.17) is 16.9 Å². The minimum absolute atomic E-state index is 0.0363. The van der Waals surface area contributed by atoms with Gasteiger partial charge in [0.1, 0.15) is 17.7 Å². The smallest absolute Gasteiger partial charge is 0.263 e. The van der Waals surface area contributed by atoms with Gasteiger partial charge in [-0.3, -0.25) is 4.72 Å². The number of nitrogens with zero attached hydrogens (tertiary/aromatic N) is 3. The van der Waals surface area contributed by atoms with Gasteiger partial charge in [-0.15, -0.1) is 0 Å². The quantitative estimate of drug-likeness (QED) is 0.925. The number of nitriles is 1. The standard InChI is InChI=1S/C14H13ClN4O2S/c1-3-11-6-14(18-9(2)17-11)19-22(20,21)12-5-4-10(8-16)13(15)7-12/h4-7H,3H2,1-2H3,(H,17,18,19). The third kappa shape index (κ3) is 3.53. The third-order valence-corrected chi connectivity index (χ3v) is 4.53. The van der Waals surface area contributed by atoms with Gasteiger partial charge >= 0.3 is 0 Å². The van der Waals surface area contributed by atoms with E-state index in [-0.39, 0.29) is 21.3 Å². The Bertz CT molecular complexity index is 860. The van der Waals surface area contributed by atoms with Crippen molar-refractivity contribution in [3.63, 3.8) is 0 Å². The molecule has 1 aromatic carbocycles. The summed E-state index contributed by atoms with van der Waals surface area (Å²) in [6, 6.07) is 7.37. The zero-order valence-electron chi connectivity index (χ0n) is 12.0. The van der Waals surface area contributed by atoms with Crippen molar-refractivity contribution in [2.75, 3.05) is 4.72 Å². The molecule has 8 heteroatoms. The van der Waals surface area contributed by atoms with Gasteiger partial charge in [0.15, 0.2) is 0 Å². The summed E-state index contributed by atoms with van der Waals surface area (Å²) in [7, 11) is -3.84. The largest absolute Gasteiger partial charge is 0.263 e. The van der Waals surface area contributed by atoms with Crippen molar-refractivity contribution in [3.8, 4) is 6.07 Å². The van der Waals surface area contributed by atoms with Crippen LogP contribution in [-0.2, 0) is 16.4 Å². The maximum atomic E-state index is 12.4. The predicted octanol–water partition coefficient (Wildman–Crippen LogP) is 2.67. The SMILES string of the molecule is CCc1cc(NS(=O)(=O)c2ccc(C#N)c(Cl)c2)nc(C)n1. The molecule has 0 radical (unpaired) electrons. The van der Waals surface area contributed by atoms with Crippen molar-refractivity contribution in [2.45, 2.75) is 25.2 Å². The van der Waals surface area contributed by atoms with Gasteiger partial charge in [0.05, 0.1) is 15.5 Å². The van der Waals surface area contributed by atoms with Crippen LogP contribution in [0.4, 0.5) is 5.82 Å². The third-order valence-electron chi connectivity index (χ3n) is 2.86. The number of rotatable bonds is 4. The van der Waals surface area contributed by atoms with Crippen LogP contribution in [-0.4, -0.2) is 18.4 Å². The number of sulfonamides is 1. The van der Waals surface area contributed by atoms with E-state index in [1.807, 2.05) is 13.0 Å². The molecule has 0 spiro atoms. The average molecular weight is 337 g/mol. The molecule has 0 unspecified atom stereocenters. The lowest BCUT2D eigenvalue weighted by molar-refractivity contribution is 0.601. The Kier molecular flexibility index (Phi) is 4.64. The van der Waals surface area contributed by atoms with E-state index in [0.29, 0.717) is 12.2 Å². The summed E-state index contributed by atoms with van der Waals surface area (Å²) in [5.74, 6) is 0.680. The summed E-state index contributed by atoms with van der Waals surface area (Å²) >= 11 is 5.87. The molecule has 0 fully saturated rings. The lowest BCUT2D eigenvalue weighted by Crippen LogP contribution is -2.15. The minimum Gasteiger partial charge on any atom is -0.263 e. The van der Waals surface area contributed by atoms with Crippen LogP contribution in [0.25, 0.3) is 0 Å². The monoisotopic (exact) mass is 336 g/mol. The molecule has 114 valence electrons. The van der Waals surface area contributed by atoms with Crippen molar-refractivity contribution >= 4 is 27.4 Å². The van der Waals surface area contributed by atoms with Crippen molar-refractivity contribution in [1.29, 1.82) is 5.26 Å². The normalized spacial score (nSPS) is 11.0. The highest BCUT2D eigenvalue weighted by Crippen LogP contribution is 2.22. The first-order chi connectivity index (χ1) is 10.4. The molecular weight excluding hydrogens is 324 g/mol. The molecule has 2 aromatic rings. The van der Waals surface area contributed by atoms with Gasteiger partial charge in [-0.25, -0.2) is 18.4 Å². The fourth-order valence-electron chi connectivity index (χ4n) is 1.81. The summed E-state index contributed by atoms with van der Waals surface area (Å²) in [5, 5.41) is 8.90. The van der Waals surface area contributed by atoms with Crippen molar-refractivity contribution in [1.82, 2.24) is 9.97 Å². The van der Waals surface area contributed by atoms with E-state index in [9.17, 15) is 8.42 Å². The first-order valence-electron chi connectivity index (χ1n) is 6.42. The Hall–Kier alpha value is -2.17. The molecule has 6 nitrogen and oxygen atoms in total. The van der Waals surface area contributed by atoms with Crippen molar-refractivity contribution in [3.05, 3.63) is 46.4 Å². The zero-order chi connectivity index (χ0) is 16.3. The summed E-state index contributed by atoms with van der Waals surface area (Å²) < 4.78 is 27.1. The molecule has 22 heavy (non-hydrogen) atoms. The molecule has 0 saturated carbocycles. The van der Waals surface area contributed by atoms with Crippen LogP contribution in [0.2, 0.25) is 5.02 Å². The highest BCUT2D eigenvalue weighted by Gasteiger charge is 2.17. The molecule has 1 N–H and O–H groups in total. The van der Waals surface area contributed by atoms with Crippen LogP contribution in [0.1, 0.15) is 24.0 Å². The lowest BCUT2D eigenvalue weighted by atomic mass is 10.2. The molecular formula is C14H13ClN4O2S. The number of nitrogens with one attached hydrogen (secondary N) is 1. The number of hydrogen-bond acceptors (Lipinski definition) is 5. The topological polar surface area (TPSA) is 95.7 Å². The van der Waals surface area contributed by atoms with E-state index in [1.165, 1.54) is 18.2 Å². The van der Waals surface area contributed by atoms with Gasteiger partial charge in [0.25, 0.3) is 10.0 Å². The molecule has 2 rings (SSSR count). The second kappa shape index (κ2) is 6.30. The fraction of sp³-hybridized carbons (Fsp3) is 0.214. The van der Waals surface area contributed by atoms with E-state index >= 15 is 0 Å². The fourth-order valence-corrected chi connectivity index (χ4v) is 3.12. The van der Waals surface area contributed by atoms with Crippen LogP contribution in [0.5, 0.6) is 0 Å². The van der Waals surface area contributed by atoms with Gasteiger partial charge in [-0.1, -0.05) is 18.5 Å². The second-order valence-corrected chi connectivity index (χ2v) is 6.59. The Morgan fingerprint density at radius 2 is 2.05 bits per heavy atom. The maximum Gasteiger partial charge on any atom is 0.263 e. The van der Waals surface area contributed by atoms with Gasteiger partial charge in [-0.2, -0.15) is 5.26 Å². The molecule has 0 amide bonds. The second-order valence-electron chi connectivity index (χ2n) is 4.50. The van der Waals surface area contributed by atoms with E-state index in [2.05, 4.69) is 14.7 Å². The Labute approximate surface area is 133 Å². The van der Waals surface area contributed by atoms with Gasteiger partial charge in [0.2, 0.25) is 0 Å². The summed E-state index contributed by atoms with van der Waals surface area (Å²) in [6.45, 7) is 3.61. The Morgan fingerprint density at radius 1 is 1.32 bits per heavy atom. The van der Waals surface area contributed by atoms with E-state index in [1.54, 1.807) is 13.0 Å². The number of hydrogen-bond donors (Lipinski definition) is 1. The lowest BCUT2D eigenvalue weighted by Gasteiger charge is -2.09. The van der Waals surface area contributed by atoms with Crippen LogP contribution >= 0.6 is 11.6 Å². The number of aromatic nitrogens is 2. The van der Waals surface area contributed by atoms with Gasteiger partial charge in [-0.05, 0) is 31.5 Å². The highest BCUT2D eigenvalue weighted by molar-refractivity contribution is 7.92. The van der Waals surface area contributed by atoms with Crippen molar-refractivity contribution < 1.29 is 8.42 Å². The maximum absolute atomic E-state index is 12.4. The zero-order valence-corrected chi connectivity index (χ0v) is 13.5. The molecule has 1 aromatic heterocycles. The first kappa shape index (κ1) is 16.2. The van der Waals surface area contributed by atoms with E-state index in [0.717, 1.165) is 5.69 Å². The predicted molar refractivity (Wildman–Crippen MR) is 83.1 cm³/mol. The molecule has 0 aliphatic rings. The Balaban J connectivity index is 2.38. The number of anilines is 1. The number of halogens is 1.